The number of carboxylic acids is 1. The maximum atomic E-state index is 11.3. The highest BCUT2D eigenvalue weighted by molar-refractivity contribution is 5.98. The first kappa shape index (κ1) is 13.9. The van der Waals surface area contributed by atoms with Crippen molar-refractivity contribution >= 4 is 22.6 Å². The van der Waals surface area contributed by atoms with Crippen LogP contribution in [0.2, 0.25) is 0 Å². The van der Waals surface area contributed by atoms with E-state index in [0.717, 1.165) is 29.6 Å². The molecular weight excluding hydrogens is 264 g/mol. The van der Waals surface area contributed by atoms with Crippen LogP contribution in [0, 0.1) is 5.92 Å². The first-order chi connectivity index (χ1) is 10.1. The zero-order valence-corrected chi connectivity index (χ0v) is 12.4. The van der Waals surface area contributed by atoms with Gasteiger partial charge in [-0.2, -0.15) is 0 Å². The Morgan fingerprint density at radius 1 is 1.33 bits per heavy atom. The molecule has 0 spiro atoms. The lowest BCUT2D eigenvalue weighted by Gasteiger charge is -2.39. The molecule has 4 heteroatoms. The molecule has 3 rings (SSSR count). The van der Waals surface area contributed by atoms with E-state index in [1.165, 1.54) is 6.42 Å². The van der Waals surface area contributed by atoms with E-state index in [9.17, 15) is 9.90 Å². The largest absolute Gasteiger partial charge is 0.477 e. The average Bonchev–Trinajstić information content (AvgIpc) is 2.49. The zero-order chi connectivity index (χ0) is 15.0. The number of piperidine rings is 1. The summed E-state index contributed by atoms with van der Waals surface area (Å²) in [6.07, 6.45) is 2.34. The summed E-state index contributed by atoms with van der Waals surface area (Å²) in [6.45, 7) is 5.39. The van der Waals surface area contributed by atoms with Crippen molar-refractivity contribution in [2.45, 2.75) is 32.7 Å². The number of carboxylic acid groups (broad SMARTS) is 1. The lowest BCUT2D eigenvalue weighted by Crippen LogP contribution is -2.43. The quantitative estimate of drug-likeness (QED) is 0.916. The van der Waals surface area contributed by atoms with Crippen molar-refractivity contribution in [2.75, 3.05) is 11.4 Å². The Hall–Kier alpha value is -2.10. The number of fused-ring (bicyclic) bond motifs is 1. The summed E-state index contributed by atoms with van der Waals surface area (Å²) in [5.74, 6) is 0.428. The van der Waals surface area contributed by atoms with Crippen LogP contribution < -0.4 is 4.90 Å². The van der Waals surface area contributed by atoms with E-state index < -0.39 is 5.97 Å². The number of rotatable bonds is 2. The molecule has 1 saturated heterocycles. The predicted octanol–water partition coefficient (Wildman–Crippen LogP) is 3.56. The number of hydrogen-bond acceptors (Lipinski definition) is 3. The second kappa shape index (κ2) is 5.35. The molecule has 2 aromatic rings. The minimum Gasteiger partial charge on any atom is -0.477 e. The molecule has 2 atom stereocenters. The van der Waals surface area contributed by atoms with Gasteiger partial charge in [-0.05, 0) is 37.1 Å². The highest BCUT2D eigenvalue weighted by Gasteiger charge is 2.27. The summed E-state index contributed by atoms with van der Waals surface area (Å²) in [7, 11) is 0. The maximum Gasteiger partial charge on any atom is 0.354 e. The Bertz CT molecular complexity index is 684. The van der Waals surface area contributed by atoms with Gasteiger partial charge in [0.1, 0.15) is 5.82 Å². The number of benzene rings is 1. The van der Waals surface area contributed by atoms with Gasteiger partial charge in [-0.25, -0.2) is 9.78 Å². The summed E-state index contributed by atoms with van der Waals surface area (Å²) >= 11 is 0. The van der Waals surface area contributed by atoms with Crippen LogP contribution >= 0.6 is 0 Å². The summed E-state index contributed by atoms with van der Waals surface area (Å²) in [5, 5.41) is 11.3. The molecule has 1 aromatic heterocycles. The van der Waals surface area contributed by atoms with E-state index >= 15 is 0 Å². The van der Waals surface area contributed by atoms with Gasteiger partial charge in [0.25, 0.3) is 0 Å². The summed E-state index contributed by atoms with van der Waals surface area (Å²) in [5.41, 5.74) is 0.120. The minimum absolute atomic E-state index is 0.120. The molecule has 0 amide bonds. The molecule has 110 valence electrons. The van der Waals surface area contributed by atoms with Gasteiger partial charge in [0, 0.05) is 18.0 Å². The van der Waals surface area contributed by atoms with Gasteiger partial charge < -0.3 is 10.0 Å². The van der Waals surface area contributed by atoms with Crippen molar-refractivity contribution in [3.8, 4) is 0 Å². The lowest BCUT2D eigenvalue weighted by atomic mass is 9.91. The highest BCUT2D eigenvalue weighted by atomic mass is 16.4. The fourth-order valence-corrected chi connectivity index (χ4v) is 3.14. The van der Waals surface area contributed by atoms with Crippen LogP contribution in [0.1, 0.15) is 37.2 Å². The molecule has 21 heavy (non-hydrogen) atoms. The Labute approximate surface area is 124 Å². The third-order valence-corrected chi connectivity index (χ3v) is 4.59. The molecule has 0 bridgehead atoms. The van der Waals surface area contributed by atoms with E-state index in [1.807, 2.05) is 24.3 Å². The van der Waals surface area contributed by atoms with Crippen molar-refractivity contribution in [1.82, 2.24) is 4.98 Å². The molecule has 1 aliphatic heterocycles. The predicted molar refractivity (Wildman–Crippen MR) is 83.9 cm³/mol. The van der Waals surface area contributed by atoms with Gasteiger partial charge in [0.05, 0.1) is 0 Å². The van der Waals surface area contributed by atoms with E-state index in [-0.39, 0.29) is 5.69 Å². The van der Waals surface area contributed by atoms with Crippen molar-refractivity contribution in [3.05, 3.63) is 36.0 Å². The molecule has 2 heterocycles. The second-order valence-corrected chi connectivity index (χ2v) is 5.91. The van der Waals surface area contributed by atoms with E-state index in [2.05, 4.69) is 23.7 Å². The van der Waals surface area contributed by atoms with E-state index in [0.29, 0.717) is 12.0 Å². The fourth-order valence-electron chi connectivity index (χ4n) is 3.14. The van der Waals surface area contributed by atoms with Gasteiger partial charge in [-0.15, -0.1) is 0 Å². The van der Waals surface area contributed by atoms with Gasteiger partial charge in [-0.1, -0.05) is 31.2 Å². The van der Waals surface area contributed by atoms with Crippen molar-refractivity contribution in [3.63, 3.8) is 0 Å². The van der Waals surface area contributed by atoms with E-state index in [4.69, 9.17) is 0 Å². The monoisotopic (exact) mass is 284 g/mol. The first-order valence-corrected chi connectivity index (χ1v) is 7.47. The second-order valence-electron chi connectivity index (χ2n) is 5.91. The van der Waals surface area contributed by atoms with Crippen LogP contribution in [0.5, 0.6) is 0 Å². The molecule has 0 aliphatic carbocycles. The van der Waals surface area contributed by atoms with Crippen LogP contribution in [-0.4, -0.2) is 28.6 Å². The van der Waals surface area contributed by atoms with Crippen LogP contribution in [0.25, 0.3) is 10.8 Å². The number of nitrogens with zero attached hydrogens (tertiary/aromatic N) is 2. The number of hydrogen-bond donors (Lipinski definition) is 1. The fraction of sp³-hybridized carbons (Fsp3) is 0.412. The normalized spacial score (nSPS) is 22.5. The topological polar surface area (TPSA) is 53.4 Å². The van der Waals surface area contributed by atoms with Gasteiger partial charge in [-0.3, -0.25) is 0 Å². The van der Waals surface area contributed by atoms with E-state index in [1.54, 1.807) is 6.07 Å². The summed E-state index contributed by atoms with van der Waals surface area (Å²) in [6, 6.07) is 9.91. The Morgan fingerprint density at radius 2 is 2.10 bits per heavy atom. The number of pyridine rings is 1. The maximum absolute atomic E-state index is 11.3. The third-order valence-electron chi connectivity index (χ3n) is 4.59. The van der Waals surface area contributed by atoms with Gasteiger partial charge in [0.2, 0.25) is 0 Å². The van der Waals surface area contributed by atoms with Crippen molar-refractivity contribution in [2.24, 2.45) is 5.92 Å². The van der Waals surface area contributed by atoms with Crippen LogP contribution in [0.4, 0.5) is 5.82 Å². The standard InChI is InChI=1S/C17H20N2O2/c1-11-6-5-9-19(12(11)2)16-14-8-4-3-7-13(14)10-15(18-16)17(20)21/h3-4,7-8,10-12H,5-6,9H2,1-2H3,(H,20,21). The van der Waals surface area contributed by atoms with Crippen molar-refractivity contribution < 1.29 is 9.90 Å². The molecule has 2 unspecified atom stereocenters. The third kappa shape index (κ3) is 2.46. The number of aromatic nitrogens is 1. The smallest absolute Gasteiger partial charge is 0.354 e. The SMILES string of the molecule is CC1CCCN(c2nc(C(=O)O)cc3ccccc23)C1C. The number of anilines is 1. The molecule has 0 saturated carbocycles. The molecular formula is C17H20N2O2. The molecule has 4 nitrogen and oxygen atoms in total. The molecule has 1 aromatic carbocycles. The summed E-state index contributed by atoms with van der Waals surface area (Å²) in [4.78, 5) is 18.0. The van der Waals surface area contributed by atoms with Crippen LogP contribution in [0.15, 0.2) is 30.3 Å². The van der Waals surface area contributed by atoms with Crippen molar-refractivity contribution in [1.29, 1.82) is 0 Å². The molecule has 1 N–H and O–H groups in total. The van der Waals surface area contributed by atoms with Crippen LogP contribution in [0.3, 0.4) is 0 Å². The molecule has 0 radical (unpaired) electrons. The Balaban J connectivity index is 2.17. The van der Waals surface area contributed by atoms with Gasteiger partial charge in [0.15, 0.2) is 5.69 Å². The Kier molecular flexibility index (Phi) is 3.53. The Morgan fingerprint density at radius 3 is 2.86 bits per heavy atom. The summed E-state index contributed by atoms with van der Waals surface area (Å²) < 4.78 is 0. The number of aromatic carboxylic acids is 1. The first-order valence-electron chi connectivity index (χ1n) is 7.47. The average molecular weight is 284 g/mol. The highest BCUT2D eigenvalue weighted by Crippen LogP contribution is 2.32. The number of carbonyl (C=O) groups is 1. The zero-order valence-electron chi connectivity index (χ0n) is 12.4. The molecule has 1 fully saturated rings. The molecule has 1 aliphatic rings. The minimum atomic E-state index is -0.972. The lowest BCUT2D eigenvalue weighted by molar-refractivity contribution is 0.0690. The van der Waals surface area contributed by atoms with Crippen LogP contribution in [-0.2, 0) is 0 Å². The van der Waals surface area contributed by atoms with Gasteiger partial charge >= 0.3 is 5.97 Å².